The molecule has 0 saturated heterocycles. The monoisotopic (exact) mass is 261 g/mol. The van der Waals surface area contributed by atoms with Crippen molar-refractivity contribution in [3.63, 3.8) is 0 Å². The largest absolute Gasteiger partial charge is 0.439 e. The lowest BCUT2D eigenvalue weighted by Gasteiger charge is -2.11. The first-order valence-electron chi connectivity index (χ1n) is 5.46. The summed E-state index contributed by atoms with van der Waals surface area (Å²) in [5.74, 6) is 0.383. The van der Waals surface area contributed by atoms with Crippen molar-refractivity contribution in [3.05, 3.63) is 54.0 Å². The lowest BCUT2D eigenvalue weighted by Crippen LogP contribution is -2.18. The summed E-state index contributed by atoms with van der Waals surface area (Å²) in [5, 5.41) is 29.9. The van der Waals surface area contributed by atoms with Crippen molar-refractivity contribution in [1.29, 1.82) is 5.26 Å². The minimum absolute atomic E-state index is 0.135. The van der Waals surface area contributed by atoms with Gasteiger partial charge in [-0.3, -0.25) is 5.21 Å². The molecule has 4 N–H and O–H groups in total. The average Bonchev–Trinajstić information content (AvgIpc) is 2.88. The number of rotatable bonds is 6. The third-order valence-corrected chi connectivity index (χ3v) is 2.23. The molecule has 0 spiro atoms. The van der Waals surface area contributed by atoms with Crippen LogP contribution < -0.4 is 10.8 Å². The van der Waals surface area contributed by atoms with Crippen molar-refractivity contribution in [1.82, 2.24) is 5.32 Å². The van der Waals surface area contributed by atoms with Gasteiger partial charge in [0, 0.05) is 11.8 Å². The smallest absolute Gasteiger partial charge is 0.216 e. The molecule has 1 rings (SSSR count). The maximum atomic E-state index is 9.82. The van der Waals surface area contributed by atoms with Crippen molar-refractivity contribution in [2.75, 3.05) is 5.48 Å². The quantitative estimate of drug-likeness (QED) is 0.271. The van der Waals surface area contributed by atoms with Gasteiger partial charge in [0.05, 0.1) is 11.6 Å². The predicted molar refractivity (Wildman–Crippen MR) is 69.9 cm³/mol. The van der Waals surface area contributed by atoms with Crippen LogP contribution >= 0.6 is 0 Å². The van der Waals surface area contributed by atoms with Gasteiger partial charge in [0.25, 0.3) is 0 Å². The average molecular weight is 261 g/mol. The molecule has 0 aliphatic heterocycles. The van der Waals surface area contributed by atoms with Gasteiger partial charge in [-0.25, -0.2) is 5.48 Å². The van der Waals surface area contributed by atoms with Crippen LogP contribution in [0, 0.1) is 11.3 Å². The zero-order valence-corrected chi connectivity index (χ0v) is 10.4. The molecule has 0 radical (unpaired) electrons. The molecule has 0 saturated carbocycles. The summed E-state index contributed by atoms with van der Waals surface area (Å²) in [6.07, 6.45) is 3.59. The third kappa shape index (κ3) is 4.35. The Morgan fingerprint density at radius 3 is 2.79 bits per heavy atom. The normalized spacial score (nSPS) is 13.6. The summed E-state index contributed by atoms with van der Waals surface area (Å²) in [6.45, 7) is 5.22. The van der Waals surface area contributed by atoms with Crippen molar-refractivity contribution >= 4 is 5.88 Å². The number of furan rings is 1. The summed E-state index contributed by atoms with van der Waals surface area (Å²) in [5.41, 5.74) is 2.89. The van der Waals surface area contributed by atoms with Crippen molar-refractivity contribution < 1.29 is 14.7 Å². The van der Waals surface area contributed by atoms with Crippen molar-refractivity contribution in [3.8, 4) is 6.07 Å². The van der Waals surface area contributed by atoms with Crippen LogP contribution in [-0.4, -0.2) is 10.3 Å². The van der Waals surface area contributed by atoms with Crippen LogP contribution in [-0.2, 0) is 0 Å². The molecule has 1 aromatic rings. The molecule has 19 heavy (non-hydrogen) atoms. The predicted octanol–water partition coefficient (Wildman–Crippen LogP) is 2.20. The fraction of sp³-hybridized carbons (Fsp3) is 0.154. The van der Waals surface area contributed by atoms with Gasteiger partial charge >= 0.3 is 0 Å². The van der Waals surface area contributed by atoms with Crippen LogP contribution in [0.4, 0.5) is 5.88 Å². The SMILES string of the molecule is C=C/C(C#N)=C\C=C(/C)NC(O)c1ccc(NO)o1. The highest BCUT2D eigenvalue weighted by Crippen LogP contribution is 2.18. The standard InChI is InChI=1S/C13H15N3O3/c1-3-10(8-14)5-4-9(2)15-13(17)11-6-7-12(16-18)19-11/h3-7,13,15-18H,1H2,2H3/b9-4+,10-5+. The molecule has 0 bridgehead atoms. The topological polar surface area (TPSA) is 101 Å². The van der Waals surface area contributed by atoms with Gasteiger partial charge < -0.3 is 14.8 Å². The van der Waals surface area contributed by atoms with E-state index in [0.29, 0.717) is 11.3 Å². The Kier molecular flexibility index (Phi) is 5.41. The highest BCUT2D eigenvalue weighted by molar-refractivity contribution is 5.35. The Bertz CT molecular complexity index is 538. The van der Waals surface area contributed by atoms with E-state index in [-0.39, 0.29) is 11.6 Å². The highest BCUT2D eigenvalue weighted by atomic mass is 16.5. The molecule has 0 fully saturated rings. The highest BCUT2D eigenvalue weighted by Gasteiger charge is 2.11. The molecule has 1 atom stereocenters. The number of nitriles is 1. The van der Waals surface area contributed by atoms with Gasteiger partial charge in [0.2, 0.25) is 5.88 Å². The number of anilines is 1. The van der Waals surface area contributed by atoms with Gasteiger partial charge in [0.1, 0.15) is 0 Å². The Balaban J connectivity index is 2.68. The zero-order valence-electron chi connectivity index (χ0n) is 10.4. The Hall–Kier alpha value is -2.49. The first-order chi connectivity index (χ1) is 9.10. The number of hydrogen-bond donors (Lipinski definition) is 4. The summed E-state index contributed by atoms with van der Waals surface area (Å²) in [6, 6.07) is 4.95. The molecule has 1 unspecified atom stereocenters. The van der Waals surface area contributed by atoms with Crippen molar-refractivity contribution in [2.24, 2.45) is 0 Å². The van der Waals surface area contributed by atoms with E-state index in [4.69, 9.17) is 14.9 Å². The first-order valence-corrected chi connectivity index (χ1v) is 5.46. The van der Waals surface area contributed by atoms with Crippen LogP contribution in [0.1, 0.15) is 18.9 Å². The summed E-state index contributed by atoms with van der Waals surface area (Å²) in [7, 11) is 0. The zero-order chi connectivity index (χ0) is 14.3. The van der Waals surface area contributed by atoms with Gasteiger partial charge in [0.15, 0.2) is 12.0 Å². The molecular formula is C13H15N3O3. The lowest BCUT2D eigenvalue weighted by atomic mass is 10.2. The van der Waals surface area contributed by atoms with E-state index in [1.165, 1.54) is 18.2 Å². The number of aliphatic hydroxyl groups is 1. The molecule has 0 aromatic carbocycles. The van der Waals surface area contributed by atoms with E-state index in [9.17, 15) is 5.11 Å². The number of nitrogens with zero attached hydrogens (tertiary/aromatic N) is 1. The first kappa shape index (κ1) is 14.6. The van der Waals surface area contributed by atoms with Crippen molar-refractivity contribution in [2.45, 2.75) is 13.2 Å². The maximum Gasteiger partial charge on any atom is 0.216 e. The second-order valence-corrected chi connectivity index (χ2v) is 3.65. The molecule has 100 valence electrons. The Labute approximate surface area is 110 Å². The van der Waals surface area contributed by atoms with Gasteiger partial charge in [-0.15, -0.1) is 0 Å². The van der Waals surface area contributed by atoms with Gasteiger partial charge in [-0.05, 0) is 25.1 Å². The summed E-state index contributed by atoms with van der Waals surface area (Å²) < 4.78 is 5.08. The number of hydrogen-bond acceptors (Lipinski definition) is 6. The lowest BCUT2D eigenvalue weighted by molar-refractivity contribution is 0.125. The van der Waals surface area contributed by atoms with Crippen LogP contribution in [0.5, 0.6) is 0 Å². The third-order valence-electron chi connectivity index (χ3n) is 2.23. The van der Waals surface area contributed by atoms with Gasteiger partial charge in [-0.2, -0.15) is 5.26 Å². The van der Waals surface area contributed by atoms with E-state index < -0.39 is 6.23 Å². The minimum atomic E-state index is -1.05. The number of aliphatic hydroxyl groups excluding tert-OH is 1. The van der Waals surface area contributed by atoms with Gasteiger partial charge in [-0.1, -0.05) is 12.7 Å². The molecular weight excluding hydrogens is 246 g/mol. The molecule has 0 aliphatic carbocycles. The summed E-state index contributed by atoms with van der Waals surface area (Å²) >= 11 is 0. The molecule has 1 heterocycles. The second-order valence-electron chi connectivity index (χ2n) is 3.65. The van der Waals surface area contributed by atoms with Crippen LogP contribution in [0.25, 0.3) is 0 Å². The van der Waals surface area contributed by atoms with E-state index in [1.54, 1.807) is 19.1 Å². The van der Waals surface area contributed by atoms with Crippen LogP contribution in [0.2, 0.25) is 0 Å². The minimum Gasteiger partial charge on any atom is -0.439 e. The Morgan fingerprint density at radius 1 is 1.53 bits per heavy atom. The van der Waals surface area contributed by atoms with E-state index in [1.807, 2.05) is 11.5 Å². The maximum absolute atomic E-state index is 9.82. The number of allylic oxidation sites excluding steroid dienone is 5. The summed E-state index contributed by atoms with van der Waals surface area (Å²) in [4.78, 5) is 0. The molecule has 0 aliphatic rings. The number of nitrogens with one attached hydrogen (secondary N) is 2. The molecule has 6 nitrogen and oxygen atoms in total. The fourth-order valence-electron chi connectivity index (χ4n) is 1.26. The molecule has 6 heteroatoms. The van der Waals surface area contributed by atoms with Crippen LogP contribution in [0.3, 0.4) is 0 Å². The molecule has 1 aromatic heterocycles. The second kappa shape index (κ2) is 7.06. The van der Waals surface area contributed by atoms with E-state index in [0.717, 1.165) is 0 Å². The van der Waals surface area contributed by atoms with Crippen LogP contribution in [0.15, 0.2) is 52.6 Å². The van der Waals surface area contributed by atoms with E-state index in [2.05, 4.69) is 11.9 Å². The fourth-order valence-corrected chi connectivity index (χ4v) is 1.26. The molecule has 0 amide bonds. The van der Waals surface area contributed by atoms with E-state index >= 15 is 0 Å². The Morgan fingerprint density at radius 2 is 2.26 bits per heavy atom.